The van der Waals surface area contributed by atoms with Gasteiger partial charge in [0.15, 0.2) is 5.82 Å². The van der Waals surface area contributed by atoms with Gasteiger partial charge < -0.3 is 10.3 Å². The molecule has 0 fully saturated rings. The Balaban J connectivity index is 1.49. The Bertz CT molecular complexity index is 1080. The van der Waals surface area contributed by atoms with Gasteiger partial charge >= 0.3 is 0 Å². The van der Waals surface area contributed by atoms with Crippen molar-refractivity contribution in [2.75, 3.05) is 5.84 Å². The van der Waals surface area contributed by atoms with Crippen molar-refractivity contribution in [3.05, 3.63) is 65.8 Å². The molecule has 0 radical (unpaired) electrons. The Hall–Kier alpha value is -3.20. The van der Waals surface area contributed by atoms with E-state index in [-0.39, 0.29) is 5.82 Å². The van der Waals surface area contributed by atoms with Gasteiger partial charge in [-0.2, -0.15) is 0 Å². The van der Waals surface area contributed by atoms with Crippen LogP contribution in [0.5, 0.6) is 0 Å². The summed E-state index contributed by atoms with van der Waals surface area (Å²) in [7, 11) is 0. The number of hydrogen-bond donors (Lipinski definition) is 1. The van der Waals surface area contributed by atoms with E-state index in [9.17, 15) is 4.39 Å². The van der Waals surface area contributed by atoms with Crippen molar-refractivity contribution in [2.24, 2.45) is 0 Å². The number of rotatable bonds is 5. The molecule has 0 aliphatic heterocycles. The summed E-state index contributed by atoms with van der Waals surface area (Å²) in [6.45, 7) is 2.01. The largest absolute Gasteiger partial charge is 0.420 e. The van der Waals surface area contributed by atoms with Gasteiger partial charge in [0.2, 0.25) is 16.9 Å². The zero-order valence-corrected chi connectivity index (χ0v) is 15.2. The standard InChI is InChI=1S/C18H15FN6OS/c1-11-6-8-12(9-7-11)17-23-21-15(26-17)10-27-18-24-22-16(25(18)20)13-4-2-3-5-14(13)19/h2-9H,10,20H2,1H3. The maximum Gasteiger partial charge on any atom is 0.247 e. The average molecular weight is 382 g/mol. The molecule has 4 rings (SSSR count). The number of benzene rings is 2. The molecule has 0 amide bonds. The summed E-state index contributed by atoms with van der Waals surface area (Å²) in [6.07, 6.45) is 0. The number of nitrogen functional groups attached to an aromatic ring is 1. The van der Waals surface area contributed by atoms with Crippen molar-refractivity contribution in [1.29, 1.82) is 0 Å². The third kappa shape index (κ3) is 3.54. The second kappa shape index (κ2) is 7.20. The summed E-state index contributed by atoms with van der Waals surface area (Å²) in [5.41, 5.74) is 2.30. The number of aryl methyl sites for hydroxylation is 1. The van der Waals surface area contributed by atoms with E-state index < -0.39 is 5.82 Å². The van der Waals surface area contributed by atoms with Gasteiger partial charge in [-0.15, -0.1) is 20.4 Å². The number of nitrogens with two attached hydrogens (primary N) is 1. The fraction of sp³-hybridized carbons (Fsp3) is 0.111. The third-order valence-corrected chi connectivity index (χ3v) is 4.80. The lowest BCUT2D eigenvalue weighted by molar-refractivity contribution is 0.528. The van der Waals surface area contributed by atoms with E-state index in [1.54, 1.807) is 18.2 Å². The molecule has 0 aliphatic carbocycles. The Labute approximate surface area is 158 Å². The maximum atomic E-state index is 13.9. The predicted molar refractivity (Wildman–Crippen MR) is 99.6 cm³/mol. The van der Waals surface area contributed by atoms with Crippen LogP contribution in [0.1, 0.15) is 11.5 Å². The molecule has 0 unspecified atom stereocenters. The molecule has 0 bridgehead atoms. The smallest absolute Gasteiger partial charge is 0.247 e. The van der Waals surface area contributed by atoms with Gasteiger partial charge in [-0.3, -0.25) is 0 Å². The van der Waals surface area contributed by atoms with E-state index in [1.807, 2.05) is 31.2 Å². The molecule has 7 nitrogen and oxygen atoms in total. The zero-order valence-electron chi connectivity index (χ0n) is 14.3. The lowest BCUT2D eigenvalue weighted by Crippen LogP contribution is -2.12. The van der Waals surface area contributed by atoms with E-state index >= 15 is 0 Å². The SMILES string of the molecule is Cc1ccc(-c2nnc(CSc3nnc(-c4ccccc4F)n3N)o2)cc1. The molecule has 2 N–H and O–H groups in total. The Morgan fingerprint density at radius 1 is 1.04 bits per heavy atom. The number of thioether (sulfide) groups is 1. The van der Waals surface area contributed by atoms with Gasteiger partial charge in [0.05, 0.1) is 11.3 Å². The molecule has 0 aliphatic rings. The van der Waals surface area contributed by atoms with Crippen LogP contribution in [-0.4, -0.2) is 25.1 Å². The fourth-order valence-corrected chi connectivity index (χ4v) is 3.15. The molecule has 0 spiro atoms. The summed E-state index contributed by atoms with van der Waals surface area (Å²) >= 11 is 1.28. The number of aromatic nitrogens is 5. The van der Waals surface area contributed by atoms with Crippen molar-refractivity contribution < 1.29 is 8.81 Å². The fourth-order valence-electron chi connectivity index (χ4n) is 2.45. The Morgan fingerprint density at radius 2 is 1.81 bits per heavy atom. The van der Waals surface area contributed by atoms with Crippen molar-refractivity contribution in [3.8, 4) is 22.8 Å². The molecular formula is C18H15FN6OS. The van der Waals surface area contributed by atoms with Crippen molar-refractivity contribution in [1.82, 2.24) is 25.1 Å². The number of nitrogens with zero attached hydrogens (tertiary/aromatic N) is 5. The van der Waals surface area contributed by atoms with Crippen LogP contribution in [0.15, 0.2) is 58.1 Å². The van der Waals surface area contributed by atoms with Crippen LogP contribution in [-0.2, 0) is 5.75 Å². The van der Waals surface area contributed by atoms with Crippen molar-refractivity contribution in [3.63, 3.8) is 0 Å². The van der Waals surface area contributed by atoms with Crippen LogP contribution < -0.4 is 5.84 Å². The van der Waals surface area contributed by atoms with Crippen LogP contribution in [0.3, 0.4) is 0 Å². The van der Waals surface area contributed by atoms with E-state index in [1.165, 1.54) is 22.5 Å². The zero-order chi connectivity index (χ0) is 18.8. The monoisotopic (exact) mass is 382 g/mol. The summed E-state index contributed by atoms with van der Waals surface area (Å²) in [6, 6.07) is 14.1. The van der Waals surface area contributed by atoms with Gasteiger partial charge in [-0.05, 0) is 31.2 Å². The first-order valence-electron chi connectivity index (χ1n) is 8.09. The van der Waals surface area contributed by atoms with Crippen LogP contribution in [0.2, 0.25) is 0 Å². The van der Waals surface area contributed by atoms with Crippen molar-refractivity contribution >= 4 is 11.8 Å². The molecular weight excluding hydrogens is 367 g/mol. The summed E-state index contributed by atoms with van der Waals surface area (Å²) in [5, 5.41) is 16.5. The van der Waals surface area contributed by atoms with Gasteiger partial charge in [-0.1, -0.05) is 41.6 Å². The topological polar surface area (TPSA) is 95.7 Å². The quantitative estimate of drug-likeness (QED) is 0.417. The van der Waals surface area contributed by atoms with E-state index in [2.05, 4.69) is 20.4 Å². The van der Waals surface area contributed by atoms with Gasteiger partial charge in [0.1, 0.15) is 5.82 Å². The molecule has 136 valence electrons. The lowest BCUT2D eigenvalue weighted by Gasteiger charge is -2.03. The lowest BCUT2D eigenvalue weighted by atomic mass is 10.1. The van der Waals surface area contributed by atoms with Crippen LogP contribution in [0, 0.1) is 12.7 Å². The highest BCUT2D eigenvalue weighted by Crippen LogP contribution is 2.26. The predicted octanol–water partition coefficient (Wildman–Crippen LogP) is 3.45. The second-order valence-corrected chi connectivity index (χ2v) is 6.75. The molecule has 0 saturated heterocycles. The number of hydrogen-bond acceptors (Lipinski definition) is 7. The Kier molecular flexibility index (Phi) is 4.59. The van der Waals surface area contributed by atoms with Crippen LogP contribution >= 0.6 is 11.8 Å². The summed E-state index contributed by atoms with van der Waals surface area (Å²) in [5.74, 6) is 7.11. The molecule has 2 heterocycles. The molecule has 2 aromatic heterocycles. The highest BCUT2D eigenvalue weighted by molar-refractivity contribution is 7.98. The minimum Gasteiger partial charge on any atom is -0.420 e. The molecule has 0 atom stereocenters. The minimum absolute atomic E-state index is 0.251. The average Bonchev–Trinajstić information content (AvgIpc) is 3.28. The first-order chi connectivity index (χ1) is 13.1. The highest BCUT2D eigenvalue weighted by atomic mass is 32.2. The van der Waals surface area contributed by atoms with E-state index in [4.69, 9.17) is 10.3 Å². The van der Waals surface area contributed by atoms with E-state index in [0.29, 0.717) is 28.3 Å². The first kappa shape index (κ1) is 17.2. The van der Waals surface area contributed by atoms with Crippen molar-refractivity contribution in [2.45, 2.75) is 17.8 Å². The normalized spacial score (nSPS) is 11.0. The molecule has 2 aromatic carbocycles. The van der Waals surface area contributed by atoms with Crippen LogP contribution in [0.4, 0.5) is 4.39 Å². The molecule has 9 heteroatoms. The number of halogens is 1. The summed E-state index contributed by atoms with van der Waals surface area (Å²) < 4.78 is 20.9. The van der Waals surface area contributed by atoms with Gasteiger partial charge in [-0.25, -0.2) is 9.07 Å². The second-order valence-electron chi connectivity index (χ2n) is 5.81. The van der Waals surface area contributed by atoms with E-state index in [0.717, 1.165) is 11.1 Å². The molecule has 27 heavy (non-hydrogen) atoms. The molecule has 4 aromatic rings. The first-order valence-corrected chi connectivity index (χ1v) is 9.08. The molecule has 0 saturated carbocycles. The van der Waals surface area contributed by atoms with Gasteiger partial charge in [0.25, 0.3) is 0 Å². The Morgan fingerprint density at radius 3 is 2.59 bits per heavy atom. The van der Waals surface area contributed by atoms with Crippen LogP contribution in [0.25, 0.3) is 22.8 Å². The minimum atomic E-state index is -0.409. The maximum absolute atomic E-state index is 13.9. The highest BCUT2D eigenvalue weighted by Gasteiger charge is 2.16. The third-order valence-electron chi connectivity index (χ3n) is 3.87. The summed E-state index contributed by atoms with van der Waals surface area (Å²) in [4.78, 5) is 0. The van der Waals surface area contributed by atoms with Gasteiger partial charge in [0, 0.05) is 5.56 Å².